The Hall–Kier alpha value is -2.99. The highest BCUT2D eigenvalue weighted by Gasteiger charge is 2.18. The average Bonchev–Trinajstić information content (AvgIpc) is 3.22. The van der Waals surface area contributed by atoms with Gasteiger partial charge < -0.3 is 14.5 Å². The molecule has 0 aliphatic rings. The zero-order valence-electron chi connectivity index (χ0n) is 14.8. The van der Waals surface area contributed by atoms with E-state index in [2.05, 4.69) is 15.3 Å². The maximum absolute atomic E-state index is 12.1. The fraction of sp³-hybridized carbons (Fsp3) is 0.250. The highest BCUT2D eigenvalue weighted by atomic mass is 32.2. The third-order valence-corrected chi connectivity index (χ3v) is 5.27. The minimum Gasteiger partial charge on any atom is -0.462 e. The first kappa shape index (κ1) is 19.8. The molecule has 0 radical (unpaired) electrons. The van der Waals surface area contributed by atoms with Crippen molar-refractivity contribution in [1.29, 1.82) is 0 Å². The van der Waals surface area contributed by atoms with E-state index in [1.807, 2.05) is 0 Å². The van der Waals surface area contributed by atoms with Gasteiger partial charge in [0.2, 0.25) is 5.91 Å². The number of hydrogen-bond donors (Lipinski definition) is 1. The van der Waals surface area contributed by atoms with Gasteiger partial charge >= 0.3 is 5.97 Å². The van der Waals surface area contributed by atoms with Crippen molar-refractivity contribution < 1.29 is 23.7 Å². The van der Waals surface area contributed by atoms with Crippen LogP contribution in [0.3, 0.4) is 0 Å². The zero-order valence-corrected chi connectivity index (χ0v) is 16.4. The molecule has 1 N–H and O–H groups in total. The molecule has 28 heavy (non-hydrogen) atoms. The predicted molar refractivity (Wildman–Crippen MR) is 103 cm³/mol. The Balaban J connectivity index is 1.61. The van der Waals surface area contributed by atoms with Crippen LogP contribution in [0.15, 0.2) is 27.8 Å². The van der Waals surface area contributed by atoms with Crippen LogP contribution in [0.2, 0.25) is 0 Å². The van der Waals surface area contributed by atoms with Crippen LogP contribution < -0.4 is 5.32 Å². The van der Waals surface area contributed by atoms with E-state index >= 15 is 0 Å². The van der Waals surface area contributed by atoms with E-state index in [4.69, 9.17) is 9.15 Å². The molecular weight excluding hydrogens is 408 g/mol. The predicted octanol–water partition coefficient (Wildman–Crippen LogP) is 3.41. The maximum Gasteiger partial charge on any atom is 0.350 e. The molecule has 12 heteroatoms. The van der Waals surface area contributed by atoms with Crippen molar-refractivity contribution in [3.8, 4) is 0 Å². The van der Waals surface area contributed by atoms with Crippen LogP contribution in [0.4, 0.5) is 10.8 Å². The Morgan fingerprint density at radius 1 is 1.39 bits per heavy atom. The highest BCUT2D eigenvalue weighted by molar-refractivity contribution is 7.99. The fourth-order valence-electron chi connectivity index (χ4n) is 2.19. The largest absolute Gasteiger partial charge is 0.462 e. The summed E-state index contributed by atoms with van der Waals surface area (Å²) in [4.78, 5) is 42.8. The molecule has 3 aromatic rings. The number of carbonyl (C=O) groups is 2. The number of anilines is 1. The van der Waals surface area contributed by atoms with Crippen LogP contribution in [-0.2, 0) is 9.53 Å². The summed E-state index contributed by atoms with van der Waals surface area (Å²) in [5, 5.41) is 13.9. The lowest BCUT2D eigenvalue weighted by atomic mass is 10.3. The molecule has 0 unspecified atom stereocenters. The molecule has 0 atom stereocenters. The molecule has 0 aliphatic carbocycles. The van der Waals surface area contributed by atoms with Gasteiger partial charge in [-0.1, -0.05) is 23.1 Å². The Morgan fingerprint density at radius 2 is 2.18 bits per heavy atom. The number of oxazole rings is 1. The van der Waals surface area contributed by atoms with Crippen LogP contribution >= 0.6 is 23.1 Å². The van der Waals surface area contributed by atoms with Crippen molar-refractivity contribution in [3.63, 3.8) is 0 Å². The van der Waals surface area contributed by atoms with E-state index < -0.39 is 10.9 Å². The number of nitrogens with one attached hydrogen (secondary N) is 1. The zero-order chi connectivity index (χ0) is 20.3. The normalized spacial score (nSPS) is 10.8. The number of benzene rings is 1. The Morgan fingerprint density at radius 3 is 2.89 bits per heavy atom. The number of thiazole rings is 1. The number of amides is 1. The molecule has 0 bridgehead atoms. The molecule has 2 heterocycles. The summed E-state index contributed by atoms with van der Waals surface area (Å²) < 4.78 is 10.4. The van der Waals surface area contributed by atoms with Gasteiger partial charge in [0.25, 0.3) is 10.9 Å². The van der Waals surface area contributed by atoms with Gasteiger partial charge in [-0.15, -0.1) is 0 Å². The van der Waals surface area contributed by atoms with Crippen molar-refractivity contribution in [3.05, 3.63) is 38.9 Å². The fourth-order valence-corrected chi connectivity index (χ4v) is 3.70. The third kappa shape index (κ3) is 4.46. The van der Waals surface area contributed by atoms with Gasteiger partial charge in [-0.25, -0.2) is 14.8 Å². The van der Waals surface area contributed by atoms with E-state index in [9.17, 15) is 19.7 Å². The number of nitrogens with zero attached hydrogens (tertiary/aromatic N) is 3. The van der Waals surface area contributed by atoms with E-state index in [-0.39, 0.29) is 29.2 Å². The smallest absolute Gasteiger partial charge is 0.350 e. The molecule has 2 aromatic heterocycles. The minimum absolute atomic E-state index is 0.0116. The van der Waals surface area contributed by atoms with Crippen molar-refractivity contribution in [2.45, 2.75) is 19.1 Å². The Labute approximate surface area is 166 Å². The van der Waals surface area contributed by atoms with E-state index in [0.29, 0.717) is 26.8 Å². The van der Waals surface area contributed by atoms with E-state index in [1.165, 1.54) is 18.2 Å². The van der Waals surface area contributed by atoms with Gasteiger partial charge in [-0.2, -0.15) is 0 Å². The number of aryl methyl sites for hydroxylation is 1. The van der Waals surface area contributed by atoms with Crippen molar-refractivity contribution in [2.24, 2.45) is 0 Å². The molecule has 0 saturated heterocycles. The number of thioether (sulfide) groups is 1. The van der Waals surface area contributed by atoms with E-state index in [0.717, 1.165) is 23.1 Å². The third-order valence-electron chi connectivity index (χ3n) is 3.39. The Bertz CT molecular complexity index is 1060. The number of nitro groups is 1. The number of non-ortho nitro benzene ring substituents is 1. The number of ether oxygens (including phenoxy) is 1. The molecule has 146 valence electrons. The highest BCUT2D eigenvalue weighted by Crippen LogP contribution is 2.27. The van der Waals surface area contributed by atoms with Crippen LogP contribution in [0.25, 0.3) is 11.1 Å². The van der Waals surface area contributed by atoms with Crippen molar-refractivity contribution in [1.82, 2.24) is 9.97 Å². The number of carbonyl (C=O) groups excluding carboxylic acids is 2. The Kier molecular flexibility index (Phi) is 5.90. The summed E-state index contributed by atoms with van der Waals surface area (Å²) >= 11 is 2.07. The first-order chi connectivity index (χ1) is 13.4. The summed E-state index contributed by atoms with van der Waals surface area (Å²) in [5.74, 6) is -0.849. The maximum atomic E-state index is 12.1. The number of nitro benzene ring substituents is 1. The van der Waals surface area contributed by atoms with Gasteiger partial charge in [0, 0.05) is 12.1 Å². The summed E-state index contributed by atoms with van der Waals surface area (Å²) in [6.45, 7) is 3.62. The van der Waals surface area contributed by atoms with Gasteiger partial charge in [-0.05, 0) is 19.9 Å². The topological polar surface area (TPSA) is 137 Å². The number of aromatic nitrogens is 2. The van der Waals surface area contributed by atoms with Crippen LogP contribution in [0.5, 0.6) is 0 Å². The standard InChI is InChI=1S/C16H14N4O6S2/c1-3-25-14(22)13-8(2)17-15(28-13)19-12(21)7-27-16-18-10-6-9(20(23)24)4-5-11(10)26-16/h4-6H,3,7H2,1-2H3,(H,17,19,21). The first-order valence-corrected chi connectivity index (χ1v) is 9.79. The minimum atomic E-state index is -0.519. The number of rotatable bonds is 7. The average molecular weight is 422 g/mol. The van der Waals surface area contributed by atoms with Gasteiger partial charge in [0.05, 0.1) is 23.0 Å². The second-order valence-electron chi connectivity index (χ2n) is 5.38. The first-order valence-electron chi connectivity index (χ1n) is 7.99. The van der Waals surface area contributed by atoms with Gasteiger partial charge in [0.1, 0.15) is 10.4 Å². The SMILES string of the molecule is CCOC(=O)c1sc(NC(=O)CSc2nc3cc([N+](=O)[O-])ccc3o2)nc1C. The van der Waals surface area contributed by atoms with Crippen LogP contribution in [0, 0.1) is 17.0 Å². The summed E-state index contributed by atoms with van der Waals surface area (Å²) in [7, 11) is 0. The van der Waals surface area contributed by atoms with Gasteiger partial charge in [-0.3, -0.25) is 14.9 Å². The second kappa shape index (κ2) is 8.35. The molecule has 10 nitrogen and oxygen atoms in total. The molecule has 0 aliphatic heterocycles. The van der Waals surface area contributed by atoms with Crippen LogP contribution in [0.1, 0.15) is 22.3 Å². The lowest BCUT2D eigenvalue weighted by molar-refractivity contribution is -0.384. The lowest BCUT2D eigenvalue weighted by Gasteiger charge is -1.99. The number of esters is 1. The van der Waals surface area contributed by atoms with E-state index in [1.54, 1.807) is 13.8 Å². The number of hydrogen-bond acceptors (Lipinski definition) is 10. The number of fused-ring (bicyclic) bond motifs is 1. The molecule has 1 aromatic carbocycles. The van der Waals surface area contributed by atoms with Crippen molar-refractivity contribution in [2.75, 3.05) is 17.7 Å². The molecule has 1 amide bonds. The lowest BCUT2D eigenvalue weighted by Crippen LogP contribution is -2.13. The monoisotopic (exact) mass is 422 g/mol. The molecule has 0 spiro atoms. The summed E-state index contributed by atoms with van der Waals surface area (Å²) in [5.41, 5.74) is 1.12. The molecule has 0 saturated carbocycles. The quantitative estimate of drug-likeness (QED) is 0.263. The molecule has 0 fully saturated rings. The summed E-state index contributed by atoms with van der Waals surface area (Å²) in [6.07, 6.45) is 0. The van der Waals surface area contributed by atoms with Gasteiger partial charge in [0.15, 0.2) is 10.7 Å². The molecular formula is C16H14N4O6S2. The van der Waals surface area contributed by atoms with Crippen molar-refractivity contribution >= 4 is 56.9 Å². The summed E-state index contributed by atoms with van der Waals surface area (Å²) in [6, 6.07) is 4.08. The molecule has 3 rings (SSSR count). The van der Waals surface area contributed by atoms with Crippen LogP contribution in [-0.4, -0.2) is 39.1 Å². The second-order valence-corrected chi connectivity index (χ2v) is 7.31.